The summed E-state index contributed by atoms with van der Waals surface area (Å²) in [6, 6.07) is 17.0. The Balaban J connectivity index is 1.69. The van der Waals surface area contributed by atoms with E-state index >= 15 is 0 Å². The molecule has 1 unspecified atom stereocenters. The van der Waals surface area contributed by atoms with Crippen molar-refractivity contribution >= 4 is 5.91 Å². The molecule has 2 aromatic rings. The summed E-state index contributed by atoms with van der Waals surface area (Å²) < 4.78 is 5.75. The molecule has 0 saturated carbocycles. The normalized spacial score (nSPS) is 17.4. The molecule has 1 saturated heterocycles. The first-order valence-electron chi connectivity index (χ1n) is 7.16. The molecule has 21 heavy (non-hydrogen) atoms. The van der Waals surface area contributed by atoms with Gasteiger partial charge in [0.15, 0.2) is 0 Å². The van der Waals surface area contributed by atoms with Crippen molar-refractivity contribution in [1.82, 2.24) is 10.6 Å². The Labute approximate surface area is 124 Å². The molecule has 0 spiro atoms. The van der Waals surface area contributed by atoms with Crippen LogP contribution in [0.3, 0.4) is 0 Å². The summed E-state index contributed by atoms with van der Waals surface area (Å²) in [5.74, 6) is 1.37. The van der Waals surface area contributed by atoms with Crippen molar-refractivity contribution in [3.05, 3.63) is 60.2 Å². The molecule has 0 aliphatic carbocycles. The van der Waals surface area contributed by atoms with E-state index in [1.807, 2.05) is 42.5 Å². The van der Waals surface area contributed by atoms with E-state index in [1.165, 1.54) is 0 Å². The topological polar surface area (TPSA) is 50.4 Å². The number of benzene rings is 2. The van der Waals surface area contributed by atoms with Gasteiger partial charge in [-0.2, -0.15) is 0 Å². The molecule has 1 aliphatic rings. The highest BCUT2D eigenvalue weighted by Crippen LogP contribution is 2.21. The second-order valence-corrected chi connectivity index (χ2v) is 5.11. The van der Waals surface area contributed by atoms with Crippen molar-refractivity contribution < 1.29 is 9.53 Å². The lowest BCUT2D eigenvalue weighted by molar-refractivity contribution is 0.0939. The van der Waals surface area contributed by atoms with E-state index in [0.29, 0.717) is 11.3 Å². The van der Waals surface area contributed by atoms with Gasteiger partial charge in [0.05, 0.1) is 0 Å². The first-order valence-corrected chi connectivity index (χ1v) is 7.16. The van der Waals surface area contributed by atoms with Gasteiger partial charge in [0.1, 0.15) is 11.5 Å². The summed E-state index contributed by atoms with van der Waals surface area (Å²) in [5, 5.41) is 6.26. The van der Waals surface area contributed by atoms with Crippen molar-refractivity contribution in [2.75, 3.05) is 13.1 Å². The largest absolute Gasteiger partial charge is 0.457 e. The maximum absolute atomic E-state index is 12.2. The summed E-state index contributed by atoms with van der Waals surface area (Å²) in [6.45, 7) is 1.80. The van der Waals surface area contributed by atoms with Crippen LogP contribution in [0.25, 0.3) is 0 Å². The fraction of sp³-hybridized carbons (Fsp3) is 0.235. The van der Waals surface area contributed by atoms with Gasteiger partial charge in [-0.05, 0) is 43.3 Å². The number of carbonyl (C=O) groups excluding carboxylic acids is 1. The highest BCUT2D eigenvalue weighted by Gasteiger charge is 2.17. The Hall–Kier alpha value is -2.33. The molecular formula is C17H18N2O2. The lowest BCUT2D eigenvalue weighted by Gasteiger charge is -2.12. The summed E-state index contributed by atoms with van der Waals surface area (Å²) in [7, 11) is 0. The number of ether oxygens (including phenoxy) is 1. The fourth-order valence-corrected chi connectivity index (χ4v) is 2.37. The molecule has 1 atom stereocenters. The molecule has 1 amide bonds. The van der Waals surface area contributed by atoms with Crippen LogP contribution in [0.15, 0.2) is 54.6 Å². The van der Waals surface area contributed by atoms with Gasteiger partial charge in [-0.15, -0.1) is 0 Å². The Kier molecular flexibility index (Phi) is 4.17. The van der Waals surface area contributed by atoms with Crippen LogP contribution in [-0.2, 0) is 0 Å². The minimum absolute atomic E-state index is 0.0535. The first-order chi connectivity index (χ1) is 10.3. The standard InChI is InChI=1S/C17H18N2O2/c20-17(19-14-9-10-18-12-14)13-5-4-8-16(11-13)21-15-6-2-1-3-7-15/h1-8,11,14,18H,9-10,12H2,(H,19,20). The van der Waals surface area contributed by atoms with Gasteiger partial charge in [-0.3, -0.25) is 4.79 Å². The van der Waals surface area contributed by atoms with E-state index in [0.717, 1.165) is 25.3 Å². The molecule has 0 bridgehead atoms. The second kappa shape index (κ2) is 6.41. The summed E-state index contributed by atoms with van der Waals surface area (Å²) in [4.78, 5) is 12.2. The molecule has 3 rings (SSSR count). The lowest BCUT2D eigenvalue weighted by Crippen LogP contribution is -2.36. The maximum Gasteiger partial charge on any atom is 0.251 e. The summed E-state index contributed by atoms with van der Waals surface area (Å²) in [5.41, 5.74) is 0.621. The molecule has 108 valence electrons. The van der Waals surface area contributed by atoms with Gasteiger partial charge in [-0.25, -0.2) is 0 Å². The number of hydrogen-bond donors (Lipinski definition) is 2. The SMILES string of the molecule is O=C(NC1CCNC1)c1cccc(Oc2ccccc2)c1. The maximum atomic E-state index is 12.2. The number of nitrogens with one attached hydrogen (secondary N) is 2. The Bertz CT molecular complexity index is 607. The van der Waals surface area contributed by atoms with Crippen molar-refractivity contribution in [1.29, 1.82) is 0 Å². The predicted octanol–water partition coefficient (Wildman–Crippen LogP) is 2.57. The van der Waals surface area contributed by atoms with E-state index < -0.39 is 0 Å². The minimum Gasteiger partial charge on any atom is -0.457 e. The lowest BCUT2D eigenvalue weighted by atomic mass is 10.1. The van der Waals surface area contributed by atoms with Crippen LogP contribution in [0.1, 0.15) is 16.8 Å². The zero-order valence-electron chi connectivity index (χ0n) is 11.7. The van der Waals surface area contributed by atoms with Crippen LogP contribution in [0, 0.1) is 0 Å². The Morgan fingerprint density at radius 1 is 1.10 bits per heavy atom. The van der Waals surface area contributed by atoms with E-state index in [1.54, 1.807) is 12.1 Å². The molecule has 0 radical (unpaired) electrons. The molecule has 2 aromatic carbocycles. The third-order valence-corrected chi connectivity index (χ3v) is 3.47. The predicted molar refractivity (Wildman–Crippen MR) is 81.7 cm³/mol. The van der Waals surface area contributed by atoms with Crippen LogP contribution >= 0.6 is 0 Å². The van der Waals surface area contributed by atoms with Crippen molar-refractivity contribution in [2.45, 2.75) is 12.5 Å². The van der Waals surface area contributed by atoms with Crippen LogP contribution < -0.4 is 15.4 Å². The fourth-order valence-electron chi connectivity index (χ4n) is 2.37. The van der Waals surface area contributed by atoms with Crippen molar-refractivity contribution in [3.63, 3.8) is 0 Å². The number of para-hydroxylation sites is 1. The second-order valence-electron chi connectivity index (χ2n) is 5.11. The molecule has 4 nitrogen and oxygen atoms in total. The van der Waals surface area contributed by atoms with Gasteiger partial charge >= 0.3 is 0 Å². The van der Waals surface area contributed by atoms with E-state index in [4.69, 9.17) is 4.74 Å². The Morgan fingerprint density at radius 3 is 2.67 bits per heavy atom. The van der Waals surface area contributed by atoms with Crippen molar-refractivity contribution in [3.8, 4) is 11.5 Å². The third kappa shape index (κ3) is 3.61. The van der Waals surface area contributed by atoms with Crippen molar-refractivity contribution in [2.24, 2.45) is 0 Å². The van der Waals surface area contributed by atoms with Gasteiger partial charge in [0, 0.05) is 18.2 Å². The highest BCUT2D eigenvalue weighted by atomic mass is 16.5. The van der Waals surface area contributed by atoms with E-state index in [9.17, 15) is 4.79 Å². The third-order valence-electron chi connectivity index (χ3n) is 3.47. The zero-order valence-corrected chi connectivity index (χ0v) is 11.7. The molecule has 1 heterocycles. The molecule has 0 aromatic heterocycles. The molecule has 1 fully saturated rings. The minimum atomic E-state index is -0.0535. The molecule has 2 N–H and O–H groups in total. The highest BCUT2D eigenvalue weighted by molar-refractivity contribution is 5.94. The van der Waals surface area contributed by atoms with Crippen LogP contribution in [-0.4, -0.2) is 25.0 Å². The van der Waals surface area contributed by atoms with Crippen LogP contribution in [0.2, 0.25) is 0 Å². The van der Waals surface area contributed by atoms with Crippen LogP contribution in [0.5, 0.6) is 11.5 Å². The molecule has 4 heteroatoms. The summed E-state index contributed by atoms with van der Waals surface area (Å²) >= 11 is 0. The first kappa shape index (κ1) is 13.6. The average molecular weight is 282 g/mol. The number of rotatable bonds is 4. The van der Waals surface area contributed by atoms with E-state index in [-0.39, 0.29) is 11.9 Å². The number of amides is 1. The number of carbonyl (C=O) groups is 1. The quantitative estimate of drug-likeness (QED) is 0.906. The van der Waals surface area contributed by atoms with Gasteiger partial charge in [-0.1, -0.05) is 24.3 Å². The van der Waals surface area contributed by atoms with Gasteiger partial charge < -0.3 is 15.4 Å². The summed E-state index contributed by atoms with van der Waals surface area (Å²) in [6.07, 6.45) is 0.978. The Morgan fingerprint density at radius 2 is 1.90 bits per heavy atom. The van der Waals surface area contributed by atoms with Crippen LogP contribution in [0.4, 0.5) is 0 Å². The van der Waals surface area contributed by atoms with Gasteiger partial charge in [0.2, 0.25) is 0 Å². The monoisotopic (exact) mass is 282 g/mol. The molecule has 1 aliphatic heterocycles. The zero-order chi connectivity index (χ0) is 14.5. The average Bonchev–Trinajstić information content (AvgIpc) is 3.01. The van der Waals surface area contributed by atoms with Gasteiger partial charge in [0.25, 0.3) is 5.91 Å². The smallest absolute Gasteiger partial charge is 0.251 e. The number of hydrogen-bond acceptors (Lipinski definition) is 3. The molecular weight excluding hydrogens is 264 g/mol. The van der Waals surface area contributed by atoms with E-state index in [2.05, 4.69) is 10.6 Å².